The number of nitrogens with zero attached hydrogens (tertiary/aromatic N) is 10. The number of benzene rings is 10. The van der Waals surface area contributed by atoms with Crippen LogP contribution in [0.3, 0.4) is 0 Å². The highest BCUT2D eigenvalue weighted by Gasteiger charge is 2.34. The van der Waals surface area contributed by atoms with E-state index < -0.39 is 0 Å². The molecule has 12 nitrogen and oxygen atoms in total. The maximum absolute atomic E-state index is 6.40. The van der Waals surface area contributed by atoms with E-state index in [0.29, 0.717) is 42.2 Å². The minimum absolute atomic E-state index is 0.143. The van der Waals surface area contributed by atoms with Crippen LogP contribution in [-0.4, -0.2) is 54.7 Å². The van der Waals surface area contributed by atoms with Crippen molar-refractivity contribution in [3.05, 3.63) is 324 Å². The SMILES string of the molecule is Cc1ccc2c(oc3ccccc32)c1N1C=CN(C)[C@@H]1C.Cc1ccc2c(oc3ccccc32)c1N1C=CN(c2c(C(C)C)cccc2C(C)C)[C@@H]1C.Cc1ccccc1N1C=CN(C)[C@@H]1C.Cc1ccccc1N1C=CN(c2c(C(C)C)cccc2C(C)C)[C@@H]1C.Cc1ccccc1N1C=CN(c2ccccc2)[C@@H]1C. The van der Waals surface area contributed by atoms with Crippen molar-refractivity contribution >= 4 is 89.4 Å². The molecule has 0 N–H and O–H groups in total. The molecular formula is C99H114N10O2. The van der Waals surface area contributed by atoms with Crippen LogP contribution in [0.5, 0.6) is 0 Å². The quantitative estimate of drug-likeness (QED) is 0.117. The van der Waals surface area contributed by atoms with Gasteiger partial charge in [0, 0.05) is 132 Å². The summed E-state index contributed by atoms with van der Waals surface area (Å²) in [4.78, 5) is 23.2. The number of fused-ring (bicyclic) bond motifs is 6. The monoisotopic (exact) mass is 1470 g/mol. The normalized spacial score (nSPS) is 17.8. The molecule has 12 heteroatoms. The number of para-hydroxylation sites is 8. The molecule has 5 aliphatic rings. The zero-order chi connectivity index (χ0) is 78.6. The van der Waals surface area contributed by atoms with Crippen LogP contribution in [0.25, 0.3) is 43.9 Å². The van der Waals surface area contributed by atoms with Crippen LogP contribution in [0, 0.1) is 34.6 Å². The minimum atomic E-state index is 0.143. The summed E-state index contributed by atoms with van der Waals surface area (Å²) >= 11 is 0. The first-order chi connectivity index (χ1) is 53.4. The van der Waals surface area contributed by atoms with Crippen LogP contribution in [0.4, 0.5) is 45.5 Å². The van der Waals surface area contributed by atoms with E-state index >= 15 is 0 Å². The number of anilines is 8. The summed E-state index contributed by atoms with van der Waals surface area (Å²) in [6.07, 6.45) is 23.1. The fourth-order valence-corrected chi connectivity index (χ4v) is 16.2. The van der Waals surface area contributed by atoms with Crippen molar-refractivity contribution in [1.82, 2.24) is 9.80 Å². The Balaban J connectivity index is 0.000000125. The van der Waals surface area contributed by atoms with Crippen molar-refractivity contribution < 1.29 is 8.83 Å². The smallest absolute Gasteiger partial charge is 0.159 e. The van der Waals surface area contributed by atoms with Crippen molar-refractivity contribution in [3.8, 4) is 0 Å². The Bertz CT molecular complexity index is 5350. The van der Waals surface area contributed by atoms with Crippen molar-refractivity contribution in [3.63, 3.8) is 0 Å². The molecule has 2 aromatic heterocycles. The molecule has 0 amide bonds. The van der Waals surface area contributed by atoms with Crippen LogP contribution in [0.2, 0.25) is 0 Å². The standard InChI is InChI=1S/C29H32N2O.C23H30N2.C18H18N2O.C17H18N2.C12H16N2/c1-18(2)22-11-9-12-23(19(3)4)28(22)31-17-16-30(21(31)6)27-20(5)14-15-25-24-10-7-8-13-26(24)32-29(25)27;1-16(2)20-11-9-12-21(17(3)4)23(20)25-15-14-24(19(25)6)22-13-8-7-10-18(22)5;1-12-8-9-15-14-6-4-5-7-16(14)21-18(15)17(12)20-11-10-19(3)13(20)2;1-14-8-6-7-11-17(14)19-13-12-18(15(19)2)16-9-4-3-5-10-16;1-10-6-4-5-7-12(10)14-9-8-13(3)11(14)2/h7-19,21H,1-6H3;7-17,19H,1-6H3;4-11,13H,1-3H3;3-13,15H,1-2H3;4-9,11H,1-3H3/t21-;19-;13-;15-;11-/m11000/s1. The summed E-state index contributed by atoms with van der Waals surface area (Å²) in [6, 6.07) is 74.9. The summed E-state index contributed by atoms with van der Waals surface area (Å²) in [5.41, 5.74) is 26.0. The van der Waals surface area contributed by atoms with Gasteiger partial charge in [-0.15, -0.1) is 0 Å². The van der Waals surface area contributed by atoms with Gasteiger partial charge in [-0.3, -0.25) is 0 Å². The second-order valence-electron chi connectivity index (χ2n) is 31.5. The number of furan rings is 2. The Kier molecular flexibility index (Phi) is 23.3. The fraction of sp³-hybridized carbons (Fsp3) is 0.293. The van der Waals surface area contributed by atoms with Gasteiger partial charge in [-0.25, -0.2) is 0 Å². The first-order valence-corrected chi connectivity index (χ1v) is 39.8. The van der Waals surface area contributed by atoms with Crippen LogP contribution in [-0.2, 0) is 0 Å². The lowest BCUT2D eigenvalue weighted by Gasteiger charge is -2.34. The molecule has 0 saturated heterocycles. The first kappa shape index (κ1) is 77.7. The lowest BCUT2D eigenvalue weighted by atomic mass is 9.92. The highest BCUT2D eigenvalue weighted by Crippen LogP contribution is 2.46. The third kappa shape index (κ3) is 15.6. The molecule has 0 bridgehead atoms. The van der Waals surface area contributed by atoms with Gasteiger partial charge in [0.15, 0.2) is 11.2 Å². The predicted molar refractivity (Wildman–Crippen MR) is 475 cm³/mol. The van der Waals surface area contributed by atoms with Crippen LogP contribution in [0.15, 0.2) is 283 Å². The zero-order valence-corrected chi connectivity index (χ0v) is 69.0. The second kappa shape index (κ2) is 33.4. The number of hydrogen-bond acceptors (Lipinski definition) is 12. The average Bonchev–Trinajstić information content (AvgIpc) is 1.60. The highest BCUT2D eigenvalue weighted by molar-refractivity contribution is 6.11. The molecular weight excluding hydrogens is 1360 g/mol. The van der Waals surface area contributed by atoms with E-state index in [4.69, 9.17) is 8.83 Å². The molecule has 0 saturated carbocycles. The van der Waals surface area contributed by atoms with E-state index in [1.165, 1.54) is 106 Å². The van der Waals surface area contributed by atoms with Gasteiger partial charge < -0.3 is 57.8 Å². The molecule has 7 heterocycles. The third-order valence-corrected chi connectivity index (χ3v) is 22.9. The summed E-state index contributed by atoms with van der Waals surface area (Å²) in [5, 5.41) is 4.70. The Hall–Kier alpha value is -11.5. The van der Waals surface area contributed by atoms with Gasteiger partial charge in [0.2, 0.25) is 0 Å². The van der Waals surface area contributed by atoms with Crippen LogP contribution in [0.1, 0.15) is 164 Å². The summed E-state index contributed by atoms with van der Waals surface area (Å²) in [5.74, 6) is 1.92. The lowest BCUT2D eigenvalue weighted by molar-refractivity contribution is 0.383. The Morgan fingerprint density at radius 1 is 0.243 bits per heavy atom. The van der Waals surface area contributed by atoms with Gasteiger partial charge in [-0.1, -0.05) is 225 Å². The molecule has 0 aliphatic carbocycles. The molecule has 111 heavy (non-hydrogen) atoms. The Morgan fingerprint density at radius 2 is 0.532 bits per heavy atom. The van der Waals surface area contributed by atoms with E-state index in [2.05, 4.69) is 438 Å². The summed E-state index contributed by atoms with van der Waals surface area (Å²) < 4.78 is 12.6. The largest absolute Gasteiger partial charge is 0.454 e. The molecule has 0 radical (unpaired) electrons. The number of aryl methyl sites for hydroxylation is 5. The van der Waals surface area contributed by atoms with Crippen LogP contribution < -0.4 is 39.2 Å². The fourth-order valence-electron chi connectivity index (χ4n) is 16.2. The Labute approximate surface area is 661 Å². The molecule has 0 fully saturated rings. The average molecular weight is 1480 g/mol. The minimum Gasteiger partial charge on any atom is -0.454 e. The third-order valence-electron chi connectivity index (χ3n) is 22.9. The van der Waals surface area contributed by atoms with Crippen molar-refractivity contribution in [2.24, 2.45) is 0 Å². The van der Waals surface area contributed by atoms with Crippen molar-refractivity contribution in [2.75, 3.05) is 53.3 Å². The topological polar surface area (TPSA) is 58.7 Å². The second-order valence-corrected chi connectivity index (χ2v) is 31.5. The first-order valence-electron chi connectivity index (χ1n) is 39.8. The van der Waals surface area contributed by atoms with E-state index in [1.807, 2.05) is 24.3 Å². The summed E-state index contributed by atoms with van der Waals surface area (Å²) in [7, 11) is 4.19. The number of hydrogen-bond donors (Lipinski definition) is 0. The molecule has 0 unspecified atom stereocenters. The van der Waals surface area contributed by atoms with Crippen molar-refractivity contribution in [2.45, 2.75) is 179 Å². The van der Waals surface area contributed by atoms with Gasteiger partial charge in [-0.05, 0) is 185 Å². The number of rotatable bonds is 12. The van der Waals surface area contributed by atoms with E-state index in [0.717, 1.165) is 33.7 Å². The van der Waals surface area contributed by atoms with Crippen LogP contribution >= 0.6 is 0 Å². The highest BCUT2D eigenvalue weighted by atomic mass is 16.3. The maximum atomic E-state index is 6.40. The molecule has 5 atom stereocenters. The van der Waals surface area contributed by atoms with Gasteiger partial charge >= 0.3 is 0 Å². The molecule has 10 aromatic carbocycles. The molecule has 572 valence electrons. The van der Waals surface area contributed by atoms with Gasteiger partial charge in [0.25, 0.3) is 0 Å². The Morgan fingerprint density at radius 3 is 0.901 bits per heavy atom. The molecule has 12 aromatic rings. The molecule has 5 aliphatic heterocycles. The zero-order valence-electron chi connectivity index (χ0n) is 69.0. The lowest BCUT2D eigenvalue weighted by Crippen LogP contribution is -2.37. The van der Waals surface area contributed by atoms with Gasteiger partial charge in [-0.2, -0.15) is 0 Å². The van der Waals surface area contributed by atoms with Gasteiger partial charge in [0.1, 0.15) is 42.0 Å². The van der Waals surface area contributed by atoms with Gasteiger partial charge in [0.05, 0.1) is 11.4 Å². The molecule has 17 rings (SSSR count). The van der Waals surface area contributed by atoms with E-state index in [1.54, 1.807) is 0 Å². The molecule has 0 spiro atoms. The predicted octanol–water partition coefficient (Wildman–Crippen LogP) is 25.8. The van der Waals surface area contributed by atoms with E-state index in [9.17, 15) is 0 Å². The summed E-state index contributed by atoms with van der Waals surface area (Å²) in [6.45, 7) is 40.2. The maximum Gasteiger partial charge on any atom is 0.159 e. The van der Waals surface area contributed by atoms with E-state index in [-0.39, 0.29) is 12.3 Å². The van der Waals surface area contributed by atoms with Crippen molar-refractivity contribution in [1.29, 1.82) is 0 Å².